The third-order valence-electron chi connectivity index (χ3n) is 2.76. The van der Waals surface area contributed by atoms with E-state index in [1.807, 2.05) is 0 Å². The maximum atomic E-state index is 13.5. The number of carbonyl (C=O) groups excluding carboxylic acids is 1. The minimum absolute atomic E-state index is 0.00242. The molecule has 3 N–H and O–H groups in total. The summed E-state index contributed by atoms with van der Waals surface area (Å²) in [5.41, 5.74) is 0.0358. The number of carboxylic acids is 1. The zero-order valence-electron chi connectivity index (χ0n) is 10.8. The lowest BCUT2D eigenvalue weighted by Gasteiger charge is -2.08. The van der Waals surface area contributed by atoms with Crippen molar-refractivity contribution in [2.24, 2.45) is 0 Å². The number of amidine groups is 1. The summed E-state index contributed by atoms with van der Waals surface area (Å²) in [6.45, 7) is 0. The SMILES string of the molecule is N=C(NC(=O)c1ccccc1F)c1cccc(C(=O)O)c1. The summed E-state index contributed by atoms with van der Waals surface area (Å²) in [5, 5.41) is 18.9. The number of benzene rings is 2. The number of rotatable bonds is 3. The van der Waals surface area contributed by atoms with Gasteiger partial charge in [0.25, 0.3) is 5.91 Å². The maximum Gasteiger partial charge on any atom is 0.335 e. The van der Waals surface area contributed by atoms with E-state index in [2.05, 4.69) is 5.32 Å². The molecule has 0 atom stereocenters. The van der Waals surface area contributed by atoms with Crippen molar-refractivity contribution in [3.63, 3.8) is 0 Å². The fraction of sp³-hybridized carbons (Fsp3) is 0. The Hall–Kier alpha value is -3.02. The first-order valence-electron chi connectivity index (χ1n) is 5.97. The molecule has 0 fully saturated rings. The molecular formula is C15H11FN2O3. The Bertz CT molecular complexity index is 728. The van der Waals surface area contributed by atoms with Crippen molar-refractivity contribution in [3.05, 3.63) is 71.0 Å². The van der Waals surface area contributed by atoms with Gasteiger partial charge in [0.1, 0.15) is 11.7 Å². The molecule has 0 aliphatic carbocycles. The van der Waals surface area contributed by atoms with Crippen molar-refractivity contribution >= 4 is 17.7 Å². The van der Waals surface area contributed by atoms with Gasteiger partial charge in [-0.05, 0) is 24.3 Å². The zero-order chi connectivity index (χ0) is 15.4. The number of halogens is 1. The molecule has 5 nitrogen and oxygen atoms in total. The number of hydrogen-bond acceptors (Lipinski definition) is 3. The lowest BCUT2D eigenvalue weighted by atomic mass is 10.1. The molecule has 0 saturated heterocycles. The Kier molecular flexibility index (Phi) is 4.08. The van der Waals surface area contributed by atoms with E-state index in [4.69, 9.17) is 10.5 Å². The second kappa shape index (κ2) is 5.96. The van der Waals surface area contributed by atoms with Gasteiger partial charge in [0.05, 0.1) is 11.1 Å². The van der Waals surface area contributed by atoms with E-state index in [0.29, 0.717) is 0 Å². The van der Waals surface area contributed by atoms with Gasteiger partial charge in [-0.1, -0.05) is 24.3 Å². The van der Waals surface area contributed by atoms with Crippen LogP contribution in [0.3, 0.4) is 0 Å². The van der Waals surface area contributed by atoms with Gasteiger partial charge in [-0.15, -0.1) is 0 Å². The van der Waals surface area contributed by atoms with E-state index >= 15 is 0 Å². The minimum Gasteiger partial charge on any atom is -0.478 e. The first kappa shape index (κ1) is 14.4. The summed E-state index contributed by atoms with van der Waals surface area (Å²) < 4.78 is 13.5. The molecule has 0 aliphatic heterocycles. The second-order valence-corrected chi connectivity index (χ2v) is 4.19. The van der Waals surface area contributed by atoms with Crippen LogP contribution in [0.15, 0.2) is 48.5 Å². The van der Waals surface area contributed by atoms with E-state index in [1.165, 1.54) is 42.5 Å². The Morgan fingerprint density at radius 1 is 1.05 bits per heavy atom. The molecule has 0 aliphatic rings. The normalized spacial score (nSPS) is 9.95. The summed E-state index contributed by atoms with van der Waals surface area (Å²) in [7, 11) is 0. The molecule has 2 aromatic rings. The van der Waals surface area contributed by atoms with Crippen molar-refractivity contribution in [3.8, 4) is 0 Å². The Morgan fingerprint density at radius 2 is 1.71 bits per heavy atom. The van der Waals surface area contributed by atoms with E-state index in [-0.39, 0.29) is 22.5 Å². The number of amides is 1. The van der Waals surface area contributed by atoms with Gasteiger partial charge < -0.3 is 10.4 Å². The highest BCUT2D eigenvalue weighted by atomic mass is 19.1. The first-order chi connectivity index (χ1) is 9.99. The van der Waals surface area contributed by atoms with Crippen molar-refractivity contribution in [2.75, 3.05) is 0 Å². The topological polar surface area (TPSA) is 90.3 Å². The highest BCUT2D eigenvalue weighted by molar-refractivity contribution is 6.12. The van der Waals surface area contributed by atoms with Gasteiger partial charge in [-0.25, -0.2) is 9.18 Å². The summed E-state index contributed by atoms with van der Waals surface area (Å²) >= 11 is 0. The molecule has 0 saturated carbocycles. The number of carboxylic acid groups (broad SMARTS) is 1. The number of carbonyl (C=O) groups is 2. The summed E-state index contributed by atoms with van der Waals surface area (Å²) in [6.07, 6.45) is 0. The fourth-order valence-electron chi connectivity index (χ4n) is 1.71. The summed E-state index contributed by atoms with van der Waals surface area (Å²) in [4.78, 5) is 22.7. The van der Waals surface area contributed by atoms with E-state index in [9.17, 15) is 14.0 Å². The van der Waals surface area contributed by atoms with Gasteiger partial charge in [0, 0.05) is 5.56 Å². The predicted molar refractivity (Wildman–Crippen MR) is 74.1 cm³/mol. The van der Waals surface area contributed by atoms with Crippen LogP contribution in [0.25, 0.3) is 0 Å². The van der Waals surface area contributed by atoms with Crippen LogP contribution in [-0.4, -0.2) is 22.8 Å². The predicted octanol–water partition coefficient (Wildman–Crippen LogP) is 2.28. The van der Waals surface area contributed by atoms with Gasteiger partial charge in [0.15, 0.2) is 0 Å². The van der Waals surface area contributed by atoms with Gasteiger partial charge in [-0.3, -0.25) is 10.2 Å². The average molecular weight is 286 g/mol. The molecule has 1 amide bonds. The van der Waals surface area contributed by atoms with Crippen LogP contribution >= 0.6 is 0 Å². The molecule has 0 unspecified atom stereocenters. The van der Waals surface area contributed by atoms with Crippen molar-refractivity contribution in [1.29, 1.82) is 5.41 Å². The van der Waals surface area contributed by atoms with E-state index in [0.717, 1.165) is 6.07 Å². The molecule has 0 spiro atoms. The van der Waals surface area contributed by atoms with Gasteiger partial charge >= 0.3 is 5.97 Å². The first-order valence-corrected chi connectivity index (χ1v) is 5.97. The van der Waals surface area contributed by atoms with E-state index in [1.54, 1.807) is 0 Å². The number of nitrogens with one attached hydrogen (secondary N) is 2. The van der Waals surface area contributed by atoms with Crippen LogP contribution < -0.4 is 5.32 Å². The lowest BCUT2D eigenvalue weighted by Crippen LogP contribution is -2.31. The van der Waals surface area contributed by atoms with Crippen LogP contribution in [0.1, 0.15) is 26.3 Å². The van der Waals surface area contributed by atoms with Crippen molar-refractivity contribution in [2.45, 2.75) is 0 Å². The fourth-order valence-corrected chi connectivity index (χ4v) is 1.71. The second-order valence-electron chi connectivity index (χ2n) is 4.19. The third kappa shape index (κ3) is 3.30. The monoisotopic (exact) mass is 286 g/mol. The van der Waals surface area contributed by atoms with Crippen LogP contribution in [0.5, 0.6) is 0 Å². The number of hydrogen-bond donors (Lipinski definition) is 3. The van der Waals surface area contributed by atoms with Crippen LogP contribution in [-0.2, 0) is 0 Å². The zero-order valence-corrected chi connectivity index (χ0v) is 10.8. The highest BCUT2D eigenvalue weighted by Gasteiger charge is 2.14. The Labute approximate surface area is 119 Å². The quantitative estimate of drug-likeness (QED) is 0.597. The molecule has 2 aromatic carbocycles. The number of aromatic carboxylic acids is 1. The highest BCUT2D eigenvalue weighted by Crippen LogP contribution is 2.08. The smallest absolute Gasteiger partial charge is 0.335 e. The van der Waals surface area contributed by atoms with Gasteiger partial charge in [-0.2, -0.15) is 0 Å². The molecule has 0 radical (unpaired) electrons. The maximum absolute atomic E-state index is 13.5. The van der Waals surface area contributed by atoms with E-state index < -0.39 is 17.7 Å². The molecule has 0 heterocycles. The minimum atomic E-state index is -1.13. The molecule has 106 valence electrons. The Balaban J connectivity index is 2.19. The summed E-state index contributed by atoms with van der Waals surface area (Å²) in [6, 6.07) is 11.0. The molecule has 0 bridgehead atoms. The molecule has 0 aromatic heterocycles. The molecule has 6 heteroatoms. The van der Waals surface area contributed by atoms with Crippen molar-refractivity contribution < 1.29 is 19.1 Å². The standard InChI is InChI=1S/C15H11FN2O3/c16-12-7-2-1-6-11(12)14(19)18-13(17)9-4-3-5-10(8-9)15(20)21/h1-8H,(H,20,21)(H2,17,18,19). The van der Waals surface area contributed by atoms with Crippen LogP contribution in [0.4, 0.5) is 4.39 Å². The average Bonchev–Trinajstić information content (AvgIpc) is 2.47. The van der Waals surface area contributed by atoms with Gasteiger partial charge in [0.2, 0.25) is 0 Å². The van der Waals surface area contributed by atoms with Crippen molar-refractivity contribution in [1.82, 2.24) is 5.32 Å². The molecule has 2 rings (SSSR count). The van der Waals surface area contributed by atoms with Crippen LogP contribution in [0.2, 0.25) is 0 Å². The third-order valence-corrected chi connectivity index (χ3v) is 2.76. The lowest BCUT2D eigenvalue weighted by molar-refractivity contribution is 0.0696. The Morgan fingerprint density at radius 3 is 2.38 bits per heavy atom. The van der Waals surface area contributed by atoms with Crippen LogP contribution in [0, 0.1) is 11.2 Å². The largest absolute Gasteiger partial charge is 0.478 e. The molecule has 21 heavy (non-hydrogen) atoms. The molecular weight excluding hydrogens is 275 g/mol. The summed E-state index contributed by atoms with van der Waals surface area (Å²) in [5.74, 6) is -2.89.